The molecule has 0 saturated carbocycles. The maximum atomic E-state index is 9.59. The van der Waals surface area contributed by atoms with Gasteiger partial charge in [-0.05, 0) is 24.6 Å². The van der Waals surface area contributed by atoms with Crippen molar-refractivity contribution in [3.63, 3.8) is 0 Å². The Morgan fingerprint density at radius 1 is 1.33 bits per heavy atom. The molecule has 6 heteroatoms. The van der Waals surface area contributed by atoms with Crippen LogP contribution in [0.4, 0.5) is 5.69 Å². The fourth-order valence-electron chi connectivity index (χ4n) is 1.27. The van der Waals surface area contributed by atoms with E-state index in [9.17, 15) is 5.11 Å². The number of rotatable bonds is 2. The van der Waals surface area contributed by atoms with E-state index < -0.39 is 17.0 Å². The number of aromatic nitrogens is 1. The minimum atomic E-state index is -0.556. The van der Waals surface area contributed by atoms with Crippen LogP contribution < -0.4 is 4.98 Å². The minimum absolute atomic E-state index is 0.192. The molecule has 0 saturated heterocycles. The van der Waals surface area contributed by atoms with Crippen LogP contribution in [0, 0.1) is 6.92 Å². The van der Waals surface area contributed by atoms with E-state index in [1.54, 1.807) is 24.5 Å². The number of benzene rings is 1. The molecule has 0 fully saturated rings. The van der Waals surface area contributed by atoms with Gasteiger partial charge in [0.1, 0.15) is 11.4 Å². The van der Waals surface area contributed by atoms with Crippen molar-refractivity contribution in [3.05, 3.63) is 47.8 Å². The number of aryl methyl sites for hydroxylation is 1. The maximum absolute atomic E-state index is 9.59. The van der Waals surface area contributed by atoms with Crippen molar-refractivity contribution in [3.8, 4) is 5.75 Å². The number of phenolic OH excluding ortho intramolecular Hbond substituents is 1. The summed E-state index contributed by atoms with van der Waals surface area (Å²) in [4.78, 5) is 8.20. The van der Waals surface area contributed by atoms with Crippen LogP contribution in [-0.4, -0.2) is 11.3 Å². The quantitative estimate of drug-likeness (QED) is 0.676. The van der Waals surface area contributed by atoms with Crippen LogP contribution in [0.15, 0.2) is 41.5 Å². The van der Waals surface area contributed by atoms with E-state index in [0.29, 0.717) is 5.69 Å². The Morgan fingerprint density at radius 3 is 2.61 bits per heavy atom. The predicted molar refractivity (Wildman–Crippen MR) is 71.6 cm³/mol. The number of halogens is 2. The van der Waals surface area contributed by atoms with Gasteiger partial charge in [-0.1, -0.05) is 18.2 Å². The molecule has 18 heavy (non-hydrogen) atoms. The third-order valence-corrected chi connectivity index (χ3v) is 2.04. The molecule has 0 amide bonds. The van der Waals surface area contributed by atoms with E-state index in [0.717, 1.165) is 11.3 Å². The second kappa shape index (κ2) is 8.38. The third-order valence-electron chi connectivity index (χ3n) is 2.04. The zero-order valence-electron chi connectivity index (χ0n) is 9.64. The van der Waals surface area contributed by atoms with Gasteiger partial charge in [-0.2, -0.15) is 6.20 Å². The van der Waals surface area contributed by atoms with Crippen LogP contribution in [0.2, 0.25) is 0 Å². The van der Waals surface area contributed by atoms with Crippen molar-refractivity contribution < 1.29 is 22.1 Å². The number of aromatic hydroxyl groups is 1. The third kappa shape index (κ3) is 5.28. The van der Waals surface area contributed by atoms with Crippen LogP contribution in [0.25, 0.3) is 0 Å². The molecule has 3 nitrogen and oxygen atoms in total. The van der Waals surface area contributed by atoms with Crippen molar-refractivity contribution in [1.29, 1.82) is 0 Å². The first-order valence-electron chi connectivity index (χ1n) is 5.05. The number of nitrogens with zero attached hydrogens (tertiary/aromatic N) is 2. The molecule has 0 spiro atoms. The molecule has 0 aliphatic carbocycles. The van der Waals surface area contributed by atoms with E-state index in [2.05, 4.69) is 9.98 Å². The Balaban J connectivity index is 0.000000492. The van der Waals surface area contributed by atoms with Gasteiger partial charge in [-0.15, -0.1) is 5.69 Å². The fraction of sp³-hybridized carbons (Fsp3) is 0.0833. The molecule has 2 aromatic rings. The molecule has 0 unspecified atom stereocenters. The van der Waals surface area contributed by atoms with Crippen LogP contribution in [-0.2, 0) is 17.0 Å². The van der Waals surface area contributed by atoms with Crippen LogP contribution in [0.3, 0.4) is 0 Å². The Bertz CT molecular complexity index is 501. The Labute approximate surface area is 123 Å². The summed E-state index contributed by atoms with van der Waals surface area (Å²) >= 11 is -0.556. The molecule has 1 N–H and O–H groups in total. The summed E-state index contributed by atoms with van der Waals surface area (Å²) in [5.74, 6) is 0.192. The Hall–Kier alpha value is -0.736. The second-order valence-electron chi connectivity index (χ2n) is 3.38. The van der Waals surface area contributed by atoms with Crippen LogP contribution in [0.5, 0.6) is 5.75 Å². The molecule has 0 aliphatic rings. The molecule has 1 aromatic heterocycles. The normalized spacial score (nSPS) is 9.94. The zero-order valence-corrected chi connectivity index (χ0v) is 12.7. The van der Waals surface area contributed by atoms with Gasteiger partial charge in [-0.3, -0.25) is 4.99 Å². The molecule has 1 aromatic carbocycles. The first-order valence-corrected chi connectivity index (χ1v) is 9.34. The molecule has 0 atom stereocenters. The van der Waals surface area contributed by atoms with Gasteiger partial charge in [0.15, 0.2) is 0 Å². The summed E-state index contributed by atoms with van der Waals surface area (Å²) in [5.41, 5.74) is 2.36. The summed E-state index contributed by atoms with van der Waals surface area (Å²) in [5, 5.41) is 9.59. The summed E-state index contributed by atoms with van der Waals surface area (Å²) in [6, 6.07) is 9.07. The van der Waals surface area contributed by atoms with Gasteiger partial charge in [0.2, 0.25) is 0 Å². The number of hydrogen-bond acceptors (Lipinski definition) is 2. The average Bonchev–Trinajstić information content (AvgIpc) is 2.82. The van der Waals surface area contributed by atoms with Crippen LogP contribution in [0.1, 0.15) is 11.3 Å². The molecule has 0 aliphatic heterocycles. The predicted octanol–water partition coefficient (Wildman–Crippen LogP) is 3.78. The average molecular weight is 318 g/mol. The molecule has 2 rings (SSSR count). The molecule has 1 heterocycles. The second-order valence-corrected chi connectivity index (χ2v) is 5.96. The summed E-state index contributed by atoms with van der Waals surface area (Å²) in [6.45, 7) is 1.92. The van der Waals surface area contributed by atoms with E-state index >= 15 is 0 Å². The fourth-order valence-corrected chi connectivity index (χ4v) is 1.27. The van der Waals surface area contributed by atoms with Crippen molar-refractivity contribution in [2.45, 2.75) is 6.92 Å². The molecular formula is C12H11Cl2N2OTi-. The van der Waals surface area contributed by atoms with Gasteiger partial charge in [0.05, 0.1) is 0 Å². The SMILES string of the molecule is Cc1ccc(N=Cc2ccc[n-]2)c(O)c1.[Cl][Ti][Cl]. The van der Waals surface area contributed by atoms with Gasteiger partial charge in [-0.25, -0.2) is 0 Å². The van der Waals surface area contributed by atoms with Gasteiger partial charge in [0.25, 0.3) is 0 Å². The number of phenols is 1. The van der Waals surface area contributed by atoms with Gasteiger partial charge in [0, 0.05) is 6.21 Å². The Morgan fingerprint density at radius 2 is 2.06 bits per heavy atom. The van der Waals surface area contributed by atoms with E-state index in [1.165, 1.54) is 0 Å². The zero-order chi connectivity index (χ0) is 13.4. The van der Waals surface area contributed by atoms with Crippen molar-refractivity contribution in [2.24, 2.45) is 4.99 Å². The standard InChI is InChI=1S/C12H11N2O.2ClH.Ti/c1-9-4-5-11(12(15)7-9)14-8-10-3-2-6-13-10;;;/h2-8H,1H3,(H-,13,14,15);2*1H;/q-1;;;+2/p-2. The van der Waals surface area contributed by atoms with Crippen molar-refractivity contribution in [2.75, 3.05) is 0 Å². The van der Waals surface area contributed by atoms with Crippen molar-refractivity contribution >= 4 is 30.5 Å². The summed E-state index contributed by atoms with van der Waals surface area (Å²) < 4.78 is 0. The summed E-state index contributed by atoms with van der Waals surface area (Å²) in [7, 11) is 9.78. The van der Waals surface area contributed by atoms with Gasteiger partial charge >= 0.3 is 35.6 Å². The topological polar surface area (TPSA) is 46.7 Å². The van der Waals surface area contributed by atoms with E-state index in [1.807, 2.05) is 25.1 Å². The summed E-state index contributed by atoms with van der Waals surface area (Å²) in [6.07, 6.45) is 3.33. The monoisotopic (exact) mass is 317 g/mol. The van der Waals surface area contributed by atoms with Crippen LogP contribution >= 0.6 is 18.6 Å². The Kier molecular flexibility index (Phi) is 7.13. The molecule has 0 bridgehead atoms. The molecule has 94 valence electrons. The van der Waals surface area contributed by atoms with E-state index in [-0.39, 0.29) is 5.75 Å². The van der Waals surface area contributed by atoms with Gasteiger partial charge < -0.3 is 10.1 Å². The van der Waals surface area contributed by atoms with E-state index in [4.69, 9.17) is 18.6 Å². The first-order chi connectivity index (χ1) is 8.67. The number of aliphatic imine (C=N–C) groups is 1. The number of hydrogen-bond donors (Lipinski definition) is 1. The first kappa shape index (κ1) is 15.3. The molecule has 0 radical (unpaired) electrons. The molecular weight excluding hydrogens is 307 g/mol. The van der Waals surface area contributed by atoms with Crippen molar-refractivity contribution in [1.82, 2.24) is 4.98 Å².